The molecule has 2 aromatic heterocycles. The highest BCUT2D eigenvalue weighted by Gasteiger charge is 2.07. The Kier molecular flexibility index (Phi) is 4.73. The highest BCUT2D eigenvalue weighted by atomic mass is 79.9. The van der Waals surface area contributed by atoms with E-state index in [9.17, 15) is 4.79 Å². The van der Waals surface area contributed by atoms with Crippen molar-refractivity contribution >= 4 is 50.4 Å². The second-order valence-corrected chi connectivity index (χ2v) is 6.81. The molecule has 0 saturated heterocycles. The monoisotopic (exact) mass is 387 g/mol. The van der Waals surface area contributed by atoms with Crippen LogP contribution in [-0.2, 0) is 0 Å². The molecule has 0 unspecified atom stereocenters. The molecule has 4 nitrogen and oxygen atoms in total. The molecule has 3 aromatic rings. The number of hydrogen-bond donors (Lipinski definition) is 2. The van der Waals surface area contributed by atoms with Crippen molar-refractivity contribution in [2.75, 3.05) is 10.6 Å². The Hall–Kier alpha value is -2.18. The van der Waals surface area contributed by atoms with Crippen molar-refractivity contribution in [1.29, 1.82) is 0 Å². The number of aromatic nitrogens is 1. The molecular formula is C17H14BrN3OS. The van der Waals surface area contributed by atoms with Crippen LogP contribution in [0.15, 0.2) is 58.5 Å². The first kappa shape index (κ1) is 15.7. The van der Waals surface area contributed by atoms with Gasteiger partial charge in [0.05, 0.1) is 16.8 Å². The summed E-state index contributed by atoms with van der Waals surface area (Å²) in [6, 6.07) is 13.3. The van der Waals surface area contributed by atoms with Crippen LogP contribution < -0.4 is 10.6 Å². The highest BCUT2D eigenvalue weighted by molar-refractivity contribution is 9.10. The van der Waals surface area contributed by atoms with Gasteiger partial charge in [-0.25, -0.2) is 4.98 Å². The standard InChI is InChI=1S/C17H14BrN3OS/c1-11-9-12(18)4-6-14(11)20-13-5-7-16(19-10-13)21-17(22)15-3-2-8-23-15/h2-10,20H,1H3,(H,19,21,22). The third-order valence-corrected chi connectivity index (χ3v) is 4.58. The van der Waals surface area contributed by atoms with Crippen LogP contribution in [0.4, 0.5) is 17.2 Å². The van der Waals surface area contributed by atoms with Crippen LogP contribution in [0.2, 0.25) is 0 Å². The maximum Gasteiger partial charge on any atom is 0.266 e. The lowest BCUT2D eigenvalue weighted by molar-refractivity contribution is 0.103. The predicted molar refractivity (Wildman–Crippen MR) is 98.7 cm³/mol. The molecule has 0 saturated carbocycles. The van der Waals surface area contributed by atoms with Crippen molar-refractivity contribution in [2.24, 2.45) is 0 Å². The fraction of sp³-hybridized carbons (Fsp3) is 0.0588. The summed E-state index contributed by atoms with van der Waals surface area (Å²) in [5.74, 6) is 0.387. The van der Waals surface area contributed by atoms with E-state index in [0.717, 1.165) is 21.4 Å². The summed E-state index contributed by atoms with van der Waals surface area (Å²) in [5, 5.41) is 7.97. The van der Waals surface area contributed by atoms with E-state index in [-0.39, 0.29) is 5.91 Å². The molecule has 0 aliphatic carbocycles. The lowest BCUT2D eigenvalue weighted by Crippen LogP contribution is -2.11. The van der Waals surface area contributed by atoms with E-state index < -0.39 is 0 Å². The summed E-state index contributed by atoms with van der Waals surface area (Å²) < 4.78 is 1.05. The second kappa shape index (κ2) is 6.93. The lowest BCUT2D eigenvalue weighted by atomic mass is 10.2. The topological polar surface area (TPSA) is 54.0 Å². The molecule has 116 valence electrons. The first-order valence-electron chi connectivity index (χ1n) is 6.96. The van der Waals surface area contributed by atoms with Gasteiger partial charge in [0.15, 0.2) is 0 Å². The van der Waals surface area contributed by atoms with Crippen molar-refractivity contribution in [3.8, 4) is 0 Å². The molecule has 0 fully saturated rings. The molecule has 3 rings (SSSR count). The van der Waals surface area contributed by atoms with Gasteiger partial charge in [-0.05, 0) is 54.3 Å². The van der Waals surface area contributed by atoms with Crippen molar-refractivity contribution in [3.05, 3.63) is 69.0 Å². The summed E-state index contributed by atoms with van der Waals surface area (Å²) in [6.45, 7) is 2.04. The van der Waals surface area contributed by atoms with E-state index in [2.05, 4.69) is 31.5 Å². The fourth-order valence-electron chi connectivity index (χ4n) is 2.05. The molecule has 0 aliphatic rings. The van der Waals surface area contributed by atoms with Crippen molar-refractivity contribution in [2.45, 2.75) is 6.92 Å². The molecule has 0 aliphatic heterocycles. The SMILES string of the molecule is Cc1cc(Br)ccc1Nc1ccc(NC(=O)c2cccs2)nc1. The second-order valence-electron chi connectivity index (χ2n) is 4.95. The Morgan fingerprint density at radius 3 is 2.74 bits per heavy atom. The van der Waals surface area contributed by atoms with E-state index in [0.29, 0.717) is 10.7 Å². The van der Waals surface area contributed by atoms with Gasteiger partial charge in [0.1, 0.15) is 5.82 Å². The van der Waals surface area contributed by atoms with E-state index >= 15 is 0 Å². The summed E-state index contributed by atoms with van der Waals surface area (Å²) in [7, 11) is 0. The molecule has 23 heavy (non-hydrogen) atoms. The minimum atomic E-state index is -0.142. The van der Waals surface area contributed by atoms with Crippen molar-refractivity contribution < 1.29 is 4.79 Å². The quantitative estimate of drug-likeness (QED) is 0.645. The van der Waals surface area contributed by atoms with Gasteiger partial charge >= 0.3 is 0 Å². The van der Waals surface area contributed by atoms with Gasteiger partial charge in [-0.3, -0.25) is 4.79 Å². The summed E-state index contributed by atoms with van der Waals surface area (Å²) >= 11 is 4.85. The number of carbonyl (C=O) groups is 1. The molecule has 0 radical (unpaired) electrons. The number of aryl methyl sites for hydroxylation is 1. The molecule has 1 aromatic carbocycles. The predicted octanol–water partition coefficient (Wildman–Crippen LogP) is 5.21. The molecule has 0 spiro atoms. The number of benzene rings is 1. The highest BCUT2D eigenvalue weighted by Crippen LogP contribution is 2.24. The largest absolute Gasteiger partial charge is 0.354 e. The maximum absolute atomic E-state index is 12.0. The average molecular weight is 388 g/mol. The van der Waals surface area contributed by atoms with Crippen molar-refractivity contribution in [3.63, 3.8) is 0 Å². The van der Waals surface area contributed by atoms with E-state index in [1.165, 1.54) is 11.3 Å². The number of rotatable bonds is 4. The number of amides is 1. The zero-order chi connectivity index (χ0) is 16.2. The van der Waals surface area contributed by atoms with Crippen LogP contribution in [0.25, 0.3) is 0 Å². The molecular weight excluding hydrogens is 374 g/mol. The molecule has 0 bridgehead atoms. The molecule has 2 heterocycles. The lowest BCUT2D eigenvalue weighted by Gasteiger charge is -2.10. The van der Waals surface area contributed by atoms with Gasteiger partial charge in [-0.1, -0.05) is 22.0 Å². The van der Waals surface area contributed by atoms with E-state index in [1.54, 1.807) is 18.3 Å². The number of anilines is 3. The van der Waals surface area contributed by atoms with E-state index in [1.807, 2.05) is 42.6 Å². The van der Waals surface area contributed by atoms with E-state index in [4.69, 9.17) is 0 Å². The van der Waals surface area contributed by atoms with Crippen LogP contribution in [0.1, 0.15) is 15.2 Å². The average Bonchev–Trinajstić information content (AvgIpc) is 3.06. The molecule has 6 heteroatoms. The first-order valence-corrected chi connectivity index (χ1v) is 8.63. The Labute approximate surface area is 146 Å². The fourth-order valence-corrected chi connectivity index (χ4v) is 3.14. The summed E-state index contributed by atoms with van der Waals surface area (Å²) in [5.41, 5.74) is 3.02. The Bertz CT molecular complexity index is 816. The normalized spacial score (nSPS) is 10.3. The molecule has 2 N–H and O–H groups in total. The number of nitrogens with one attached hydrogen (secondary N) is 2. The van der Waals surface area contributed by atoms with Gasteiger partial charge < -0.3 is 10.6 Å². The Balaban J connectivity index is 1.68. The number of hydrogen-bond acceptors (Lipinski definition) is 4. The number of thiophene rings is 1. The first-order chi connectivity index (χ1) is 11.1. The zero-order valence-corrected chi connectivity index (χ0v) is 14.7. The maximum atomic E-state index is 12.0. The van der Waals surface area contributed by atoms with Crippen LogP contribution in [0.5, 0.6) is 0 Å². The van der Waals surface area contributed by atoms with Gasteiger partial charge in [0, 0.05) is 10.2 Å². The molecule has 1 amide bonds. The minimum absolute atomic E-state index is 0.142. The van der Waals surface area contributed by atoms with Crippen LogP contribution in [0.3, 0.4) is 0 Å². The van der Waals surface area contributed by atoms with Crippen LogP contribution in [0, 0.1) is 6.92 Å². The van der Waals surface area contributed by atoms with Crippen molar-refractivity contribution in [1.82, 2.24) is 4.98 Å². The number of carbonyl (C=O) groups excluding carboxylic acids is 1. The number of pyridine rings is 1. The van der Waals surface area contributed by atoms with Crippen LogP contribution in [-0.4, -0.2) is 10.9 Å². The van der Waals surface area contributed by atoms with Gasteiger partial charge in [-0.15, -0.1) is 11.3 Å². The van der Waals surface area contributed by atoms with Crippen LogP contribution >= 0.6 is 27.3 Å². The minimum Gasteiger partial charge on any atom is -0.354 e. The third-order valence-electron chi connectivity index (χ3n) is 3.22. The number of nitrogens with zero attached hydrogens (tertiary/aromatic N) is 1. The zero-order valence-electron chi connectivity index (χ0n) is 12.3. The Morgan fingerprint density at radius 1 is 1.22 bits per heavy atom. The number of halogens is 1. The van der Waals surface area contributed by atoms with Gasteiger partial charge in [-0.2, -0.15) is 0 Å². The Morgan fingerprint density at radius 2 is 2.09 bits per heavy atom. The summed E-state index contributed by atoms with van der Waals surface area (Å²) in [4.78, 5) is 16.9. The molecule has 0 atom stereocenters. The van der Waals surface area contributed by atoms with Gasteiger partial charge in [0.25, 0.3) is 5.91 Å². The third kappa shape index (κ3) is 3.97. The smallest absolute Gasteiger partial charge is 0.266 e. The van der Waals surface area contributed by atoms with Gasteiger partial charge in [0.2, 0.25) is 0 Å². The summed E-state index contributed by atoms with van der Waals surface area (Å²) in [6.07, 6.45) is 1.70.